The Balaban J connectivity index is 1.80. The summed E-state index contributed by atoms with van der Waals surface area (Å²) in [5.74, 6) is 0.341. The Bertz CT molecular complexity index is 701. The van der Waals surface area contributed by atoms with Gasteiger partial charge in [0.05, 0.1) is 6.54 Å². The van der Waals surface area contributed by atoms with Crippen LogP contribution in [0.2, 0.25) is 0 Å². The molecule has 1 heterocycles. The van der Waals surface area contributed by atoms with Crippen molar-refractivity contribution in [1.29, 1.82) is 0 Å². The normalized spacial score (nSPS) is 10.7. The number of hydrogen-bond donors (Lipinski definition) is 0. The van der Waals surface area contributed by atoms with Crippen LogP contribution in [0.5, 0.6) is 0 Å². The summed E-state index contributed by atoms with van der Waals surface area (Å²) in [4.78, 5) is 1.50. The summed E-state index contributed by atoms with van der Waals surface area (Å²) in [6.45, 7) is 2.50. The van der Waals surface area contributed by atoms with Crippen LogP contribution in [0.1, 0.15) is 11.1 Å². The van der Waals surface area contributed by atoms with Crippen LogP contribution in [0, 0.1) is 12.7 Å². The zero-order valence-corrected chi connectivity index (χ0v) is 11.0. The largest absolute Gasteiger partial charge is 0.207 e. The monoisotopic (exact) mass is 268 g/mol. The molecule has 3 aromatic rings. The predicted octanol–water partition coefficient (Wildman–Crippen LogP) is 2.84. The maximum atomic E-state index is 12.8. The van der Waals surface area contributed by atoms with Gasteiger partial charge in [0.25, 0.3) is 0 Å². The Morgan fingerprint density at radius 1 is 1.00 bits per heavy atom. The van der Waals surface area contributed by atoms with Gasteiger partial charge < -0.3 is 0 Å². The molecular weight excluding hydrogens is 255 g/mol. The van der Waals surface area contributed by atoms with Crippen molar-refractivity contribution in [3.05, 3.63) is 65.5 Å². The lowest BCUT2D eigenvalue weighted by atomic mass is 10.1. The zero-order valence-electron chi connectivity index (χ0n) is 11.0. The number of hydrogen-bond acceptors (Lipinski definition) is 3. The van der Waals surface area contributed by atoms with Crippen LogP contribution < -0.4 is 0 Å². The minimum Gasteiger partial charge on any atom is -0.207 e. The Hall–Kier alpha value is -2.56. The minimum atomic E-state index is -0.249. The lowest BCUT2D eigenvalue weighted by Crippen LogP contribution is -2.03. The van der Waals surface area contributed by atoms with Gasteiger partial charge in [-0.1, -0.05) is 42.0 Å². The second-order valence-electron chi connectivity index (χ2n) is 4.64. The first-order valence-electron chi connectivity index (χ1n) is 6.30. The van der Waals surface area contributed by atoms with Crippen LogP contribution in [-0.2, 0) is 6.54 Å². The summed E-state index contributed by atoms with van der Waals surface area (Å²) in [5, 5.41) is 12.4. The van der Waals surface area contributed by atoms with Gasteiger partial charge in [0.15, 0.2) is 0 Å². The first-order valence-corrected chi connectivity index (χ1v) is 6.30. The van der Waals surface area contributed by atoms with E-state index in [0.29, 0.717) is 12.4 Å². The fourth-order valence-corrected chi connectivity index (χ4v) is 1.88. The number of rotatable bonds is 3. The molecule has 0 aliphatic rings. The Morgan fingerprint density at radius 2 is 1.70 bits per heavy atom. The fourth-order valence-electron chi connectivity index (χ4n) is 1.88. The zero-order chi connectivity index (χ0) is 13.9. The van der Waals surface area contributed by atoms with E-state index in [2.05, 4.69) is 15.4 Å². The van der Waals surface area contributed by atoms with Crippen LogP contribution in [0.25, 0.3) is 11.4 Å². The number of benzene rings is 2. The molecule has 0 fully saturated rings. The van der Waals surface area contributed by atoms with Gasteiger partial charge in [-0.2, -0.15) is 4.80 Å². The first kappa shape index (κ1) is 12.5. The van der Waals surface area contributed by atoms with Gasteiger partial charge in [0.2, 0.25) is 5.82 Å². The summed E-state index contributed by atoms with van der Waals surface area (Å²) < 4.78 is 12.8. The van der Waals surface area contributed by atoms with E-state index in [-0.39, 0.29) is 5.82 Å². The molecule has 2 aromatic carbocycles. The fraction of sp³-hybridized carbons (Fsp3) is 0.133. The van der Waals surface area contributed by atoms with Gasteiger partial charge in [0, 0.05) is 5.56 Å². The number of aryl methyl sites for hydroxylation is 1. The molecule has 100 valence electrons. The average molecular weight is 268 g/mol. The van der Waals surface area contributed by atoms with Crippen LogP contribution in [0.15, 0.2) is 48.5 Å². The van der Waals surface area contributed by atoms with Crippen LogP contribution >= 0.6 is 0 Å². The molecule has 0 saturated heterocycles. The SMILES string of the molecule is Cc1ccc(-c2nnn(Cc3ccc(F)cc3)n2)cc1. The number of nitrogens with zero attached hydrogens (tertiary/aromatic N) is 4. The van der Waals surface area contributed by atoms with Crippen molar-refractivity contribution in [2.24, 2.45) is 0 Å². The molecule has 0 aliphatic heterocycles. The highest BCUT2D eigenvalue weighted by molar-refractivity contribution is 5.54. The third kappa shape index (κ3) is 2.71. The molecular formula is C15H13FN4. The van der Waals surface area contributed by atoms with Crippen LogP contribution in [0.3, 0.4) is 0 Å². The van der Waals surface area contributed by atoms with Gasteiger partial charge in [-0.3, -0.25) is 0 Å². The van der Waals surface area contributed by atoms with Crippen molar-refractivity contribution in [3.63, 3.8) is 0 Å². The van der Waals surface area contributed by atoms with Gasteiger partial charge in [-0.15, -0.1) is 10.2 Å². The Kier molecular flexibility index (Phi) is 3.25. The molecule has 0 radical (unpaired) electrons. The van der Waals surface area contributed by atoms with Gasteiger partial charge in [0.1, 0.15) is 5.82 Å². The van der Waals surface area contributed by atoms with Crippen molar-refractivity contribution < 1.29 is 4.39 Å². The molecule has 0 amide bonds. The van der Waals surface area contributed by atoms with E-state index in [1.165, 1.54) is 22.5 Å². The topological polar surface area (TPSA) is 43.6 Å². The van der Waals surface area contributed by atoms with E-state index in [1.54, 1.807) is 12.1 Å². The van der Waals surface area contributed by atoms with E-state index in [9.17, 15) is 4.39 Å². The van der Waals surface area contributed by atoms with Crippen molar-refractivity contribution in [2.75, 3.05) is 0 Å². The molecule has 0 spiro atoms. The van der Waals surface area contributed by atoms with E-state index >= 15 is 0 Å². The standard InChI is InChI=1S/C15H13FN4/c1-11-2-6-13(7-3-11)15-17-19-20(18-15)10-12-4-8-14(16)9-5-12/h2-9H,10H2,1H3. The summed E-state index contributed by atoms with van der Waals surface area (Å²) in [6.07, 6.45) is 0. The summed E-state index contributed by atoms with van der Waals surface area (Å²) >= 11 is 0. The van der Waals surface area contributed by atoms with E-state index in [0.717, 1.165) is 11.1 Å². The molecule has 5 heteroatoms. The molecule has 20 heavy (non-hydrogen) atoms. The van der Waals surface area contributed by atoms with Gasteiger partial charge >= 0.3 is 0 Å². The molecule has 0 saturated carbocycles. The highest BCUT2D eigenvalue weighted by Crippen LogP contribution is 2.14. The second-order valence-corrected chi connectivity index (χ2v) is 4.64. The third-order valence-corrected chi connectivity index (χ3v) is 3.00. The molecule has 4 nitrogen and oxygen atoms in total. The maximum Gasteiger partial charge on any atom is 0.204 e. The molecule has 1 aromatic heterocycles. The molecule has 0 unspecified atom stereocenters. The molecule has 0 N–H and O–H groups in total. The highest BCUT2D eigenvalue weighted by Gasteiger charge is 2.06. The van der Waals surface area contributed by atoms with Gasteiger partial charge in [-0.25, -0.2) is 4.39 Å². The number of aromatic nitrogens is 4. The summed E-state index contributed by atoms with van der Waals surface area (Å²) in [7, 11) is 0. The number of halogens is 1. The Labute approximate surface area is 115 Å². The third-order valence-electron chi connectivity index (χ3n) is 3.00. The van der Waals surface area contributed by atoms with Crippen molar-refractivity contribution >= 4 is 0 Å². The van der Waals surface area contributed by atoms with E-state index in [4.69, 9.17) is 0 Å². The molecule has 0 bridgehead atoms. The maximum absolute atomic E-state index is 12.8. The summed E-state index contributed by atoms with van der Waals surface area (Å²) in [5.41, 5.74) is 3.05. The Morgan fingerprint density at radius 3 is 2.40 bits per heavy atom. The number of tetrazole rings is 1. The van der Waals surface area contributed by atoms with Crippen LogP contribution in [-0.4, -0.2) is 20.2 Å². The van der Waals surface area contributed by atoms with Crippen LogP contribution in [0.4, 0.5) is 4.39 Å². The molecule has 0 atom stereocenters. The second kappa shape index (κ2) is 5.21. The molecule has 0 aliphatic carbocycles. The lowest BCUT2D eigenvalue weighted by molar-refractivity contribution is 0.570. The quantitative estimate of drug-likeness (QED) is 0.733. The van der Waals surface area contributed by atoms with Crippen molar-refractivity contribution in [2.45, 2.75) is 13.5 Å². The highest BCUT2D eigenvalue weighted by atomic mass is 19.1. The van der Waals surface area contributed by atoms with Crippen molar-refractivity contribution in [1.82, 2.24) is 20.2 Å². The minimum absolute atomic E-state index is 0.249. The summed E-state index contributed by atoms with van der Waals surface area (Å²) in [6, 6.07) is 14.2. The average Bonchev–Trinajstić information content (AvgIpc) is 2.91. The lowest BCUT2D eigenvalue weighted by Gasteiger charge is -1.99. The molecule has 3 rings (SSSR count). The predicted molar refractivity (Wildman–Crippen MR) is 73.5 cm³/mol. The van der Waals surface area contributed by atoms with E-state index < -0.39 is 0 Å². The van der Waals surface area contributed by atoms with Crippen molar-refractivity contribution in [3.8, 4) is 11.4 Å². The smallest absolute Gasteiger partial charge is 0.204 e. The first-order chi connectivity index (χ1) is 9.70. The van der Waals surface area contributed by atoms with E-state index in [1.807, 2.05) is 31.2 Å². The van der Waals surface area contributed by atoms with Gasteiger partial charge in [-0.05, 0) is 29.8 Å².